The van der Waals surface area contributed by atoms with Crippen LogP contribution in [0.25, 0.3) is 0 Å². The summed E-state index contributed by atoms with van der Waals surface area (Å²) >= 11 is 0. The van der Waals surface area contributed by atoms with Gasteiger partial charge in [-0.25, -0.2) is 0 Å². The predicted molar refractivity (Wildman–Crippen MR) is 57.2 cm³/mol. The Morgan fingerprint density at radius 2 is 2.29 bits per heavy atom. The molecule has 2 heterocycles. The number of fused-ring (bicyclic) bond motifs is 1. The number of rotatable bonds is 2. The molecule has 0 spiro atoms. The van der Waals surface area contributed by atoms with Crippen molar-refractivity contribution in [1.82, 2.24) is 15.1 Å². The molecule has 0 unspecified atom stereocenters. The van der Waals surface area contributed by atoms with Crippen LogP contribution in [-0.4, -0.2) is 16.3 Å². The summed E-state index contributed by atoms with van der Waals surface area (Å²) in [6.45, 7) is 9.75. The van der Waals surface area contributed by atoms with Crippen molar-refractivity contribution in [1.29, 1.82) is 0 Å². The van der Waals surface area contributed by atoms with E-state index in [9.17, 15) is 0 Å². The van der Waals surface area contributed by atoms with Crippen molar-refractivity contribution in [3.63, 3.8) is 0 Å². The van der Waals surface area contributed by atoms with Gasteiger partial charge < -0.3 is 5.32 Å². The standard InChI is InChI=1S/C11H19N3/c1-8(2)7-14-9(3)10-4-5-12-6-11(10)13-14/h8,12H,4-7H2,1-3H3. The fraction of sp³-hybridized carbons (Fsp3) is 0.727. The lowest BCUT2D eigenvalue weighted by atomic mass is 10.1. The smallest absolute Gasteiger partial charge is 0.0797 e. The Balaban J connectivity index is 2.29. The Kier molecular flexibility index (Phi) is 2.59. The number of aromatic nitrogens is 2. The van der Waals surface area contributed by atoms with Gasteiger partial charge in [0.2, 0.25) is 0 Å². The lowest BCUT2D eigenvalue weighted by molar-refractivity contribution is 0.470. The highest BCUT2D eigenvalue weighted by atomic mass is 15.3. The molecule has 0 saturated carbocycles. The monoisotopic (exact) mass is 193 g/mol. The van der Waals surface area contributed by atoms with E-state index in [-0.39, 0.29) is 0 Å². The van der Waals surface area contributed by atoms with Gasteiger partial charge in [0.25, 0.3) is 0 Å². The molecule has 1 aliphatic heterocycles. The first kappa shape index (κ1) is 9.71. The van der Waals surface area contributed by atoms with Crippen molar-refractivity contribution in [2.45, 2.75) is 40.3 Å². The predicted octanol–water partition coefficient (Wildman–Crippen LogP) is 1.49. The molecule has 0 aromatic carbocycles. The quantitative estimate of drug-likeness (QED) is 0.771. The molecule has 1 aromatic rings. The molecule has 14 heavy (non-hydrogen) atoms. The molecule has 0 saturated heterocycles. The summed E-state index contributed by atoms with van der Waals surface area (Å²) in [7, 11) is 0. The zero-order chi connectivity index (χ0) is 10.1. The molecule has 1 aliphatic rings. The van der Waals surface area contributed by atoms with E-state index in [0.717, 1.165) is 26.1 Å². The molecule has 0 amide bonds. The maximum atomic E-state index is 4.64. The van der Waals surface area contributed by atoms with Crippen molar-refractivity contribution >= 4 is 0 Å². The maximum Gasteiger partial charge on any atom is 0.0797 e. The molecule has 78 valence electrons. The third-order valence-corrected chi connectivity index (χ3v) is 2.80. The van der Waals surface area contributed by atoms with E-state index in [0.29, 0.717) is 5.92 Å². The van der Waals surface area contributed by atoms with Crippen LogP contribution >= 0.6 is 0 Å². The van der Waals surface area contributed by atoms with Gasteiger partial charge in [0.05, 0.1) is 5.69 Å². The number of nitrogens with zero attached hydrogens (tertiary/aromatic N) is 2. The molecular weight excluding hydrogens is 174 g/mol. The van der Waals surface area contributed by atoms with Crippen molar-refractivity contribution in [2.75, 3.05) is 6.54 Å². The van der Waals surface area contributed by atoms with E-state index in [2.05, 4.69) is 35.9 Å². The molecule has 3 heteroatoms. The summed E-state index contributed by atoms with van der Waals surface area (Å²) in [5, 5.41) is 8.00. The Morgan fingerprint density at radius 1 is 1.50 bits per heavy atom. The highest BCUT2D eigenvalue weighted by molar-refractivity contribution is 5.27. The molecule has 0 bridgehead atoms. The Labute approximate surface area is 85.5 Å². The molecule has 2 rings (SSSR count). The van der Waals surface area contributed by atoms with Crippen molar-refractivity contribution < 1.29 is 0 Å². The minimum Gasteiger partial charge on any atom is -0.311 e. The van der Waals surface area contributed by atoms with Crippen LogP contribution in [0.4, 0.5) is 0 Å². The van der Waals surface area contributed by atoms with Crippen LogP contribution in [0.3, 0.4) is 0 Å². The second-order valence-corrected chi connectivity index (χ2v) is 4.51. The van der Waals surface area contributed by atoms with Crippen molar-refractivity contribution in [2.24, 2.45) is 5.92 Å². The van der Waals surface area contributed by atoms with Crippen LogP contribution in [0.15, 0.2) is 0 Å². The SMILES string of the molecule is Cc1c2c(nn1CC(C)C)CNCC2. The first-order valence-electron chi connectivity index (χ1n) is 5.44. The van der Waals surface area contributed by atoms with Gasteiger partial charge in [-0.2, -0.15) is 5.10 Å². The van der Waals surface area contributed by atoms with E-state index in [1.54, 1.807) is 0 Å². The molecule has 1 aromatic heterocycles. The topological polar surface area (TPSA) is 29.9 Å². The van der Waals surface area contributed by atoms with Gasteiger partial charge in [0.1, 0.15) is 0 Å². The highest BCUT2D eigenvalue weighted by Crippen LogP contribution is 2.18. The lowest BCUT2D eigenvalue weighted by Crippen LogP contribution is -2.23. The van der Waals surface area contributed by atoms with Gasteiger partial charge in [-0.15, -0.1) is 0 Å². The zero-order valence-corrected chi connectivity index (χ0v) is 9.30. The largest absolute Gasteiger partial charge is 0.311 e. The third kappa shape index (κ3) is 1.69. The first-order chi connectivity index (χ1) is 6.68. The third-order valence-electron chi connectivity index (χ3n) is 2.80. The summed E-state index contributed by atoms with van der Waals surface area (Å²) in [4.78, 5) is 0. The Bertz CT molecular complexity index is 326. The van der Waals surface area contributed by atoms with E-state index in [4.69, 9.17) is 0 Å². The Morgan fingerprint density at radius 3 is 2.93 bits per heavy atom. The van der Waals surface area contributed by atoms with Gasteiger partial charge >= 0.3 is 0 Å². The van der Waals surface area contributed by atoms with E-state index in [1.165, 1.54) is 17.0 Å². The normalized spacial score (nSPS) is 16.0. The second-order valence-electron chi connectivity index (χ2n) is 4.51. The number of nitrogens with one attached hydrogen (secondary N) is 1. The van der Waals surface area contributed by atoms with Gasteiger partial charge in [-0.3, -0.25) is 4.68 Å². The fourth-order valence-electron chi connectivity index (χ4n) is 2.06. The fourth-order valence-corrected chi connectivity index (χ4v) is 2.06. The Hall–Kier alpha value is -0.830. The van der Waals surface area contributed by atoms with Crippen molar-refractivity contribution in [3.8, 4) is 0 Å². The molecule has 0 radical (unpaired) electrons. The van der Waals surface area contributed by atoms with Gasteiger partial charge in [0.15, 0.2) is 0 Å². The van der Waals surface area contributed by atoms with Crippen LogP contribution in [0, 0.1) is 12.8 Å². The summed E-state index contributed by atoms with van der Waals surface area (Å²) < 4.78 is 2.17. The average molecular weight is 193 g/mol. The minimum absolute atomic E-state index is 0.669. The zero-order valence-electron chi connectivity index (χ0n) is 9.30. The molecular formula is C11H19N3. The van der Waals surface area contributed by atoms with E-state index in [1.807, 2.05) is 0 Å². The second kappa shape index (κ2) is 3.73. The average Bonchev–Trinajstić information content (AvgIpc) is 2.44. The van der Waals surface area contributed by atoms with Crippen LogP contribution in [0.5, 0.6) is 0 Å². The molecule has 0 fully saturated rings. The van der Waals surface area contributed by atoms with Gasteiger partial charge in [0, 0.05) is 18.8 Å². The molecule has 1 N–H and O–H groups in total. The van der Waals surface area contributed by atoms with Crippen LogP contribution in [0.2, 0.25) is 0 Å². The van der Waals surface area contributed by atoms with Crippen LogP contribution < -0.4 is 5.32 Å². The summed E-state index contributed by atoms with van der Waals surface area (Å²) in [6, 6.07) is 0. The van der Waals surface area contributed by atoms with Crippen LogP contribution in [-0.2, 0) is 19.5 Å². The van der Waals surface area contributed by atoms with E-state index >= 15 is 0 Å². The highest BCUT2D eigenvalue weighted by Gasteiger charge is 2.17. The van der Waals surface area contributed by atoms with Crippen LogP contribution in [0.1, 0.15) is 30.8 Å². The summed E-state index contributed by atoms with van der Waals surface area (Å²) in [6.07, 6.45) is 1.14. The van der Waals surface area contributed by atoms with Crippen molar-refractivity contribution in [3.05, 3.63) is 17.0 Å². The number of hydrogen-bond donors (Lipinski definition) is 1. The van der Waals surface area contributed by atoms with E-state index < -0.39 is 0 Å². The summed E-state index contributed by atoms with van der Waals surface area (Å²) in [5.74, 6) is 0.669. The minimum atomic E-state index is 0.669. The molecule has 3 nitrogen and oxygen atoms in total. The van der Waals surface area contributed by atoms with Gasteiger partial charge in [-0.05, 0) is 31.4 Å². The maximum absolute atomic E-state index is 4.64. The lowest BCUT2D eigenvalue weighted by Gasteiger charge is -2.11. The van der Waals surface area contributed by atoms with Gasteiger partial charge in [-0.1, -0.05) is 13.8 Å². The first-order valence-corrected chi connectivity index (χ1v) is 5.44. The molecule has 0 aliphatic carbocycles. The molecule has 0 atom stereocenters. The number of hydrogen-bond acceptors (Lipinski definition) is 2. The summed E-state index contributed by atoms with van der Waals surface area (Å²) in [5.41, 5.74) is 4.11.